The minimum atomic E-state index is 0.0835. The molecule has 0 aliphatic carbocycles. The van der Waals surface area contributed by atoms with Gasteiger partial charge in [-0.1, -0.05) is 37.6 Å². The highest BCUT2D eigenvalue weighted by molar-refractivity contribution is 5.63. The van der Waals surface area contributed by atoms with Crippen LogP contribution < -0.4 is 5.56 Å². The fourth-order valence-electron chi connectivity index (χ4n) is 2.23. The smallest absolute Gasteiger partial charge is 0.270 e. The van der Waals surface area contributed by atoms with Crippen molar-refractivity contribution in [2.75, 3.05) is 0 Å². The molecule has 0 spiro atoms. The van der Waals surface area contributed by atoms with E-state index in [1.54, 1.807) is 11.7 Å². The van der Waals surface area contributed by atoms with E-state index < -0.39 is 0 Å². The zero-order valence-corrected chi connectivity index (χ0v) is 11.4. The maximum atomic E-state index is 12.1. The van der Waals surface area contributed by atoms with Gasteiger partial charge in [-0.2, -0.15) is 0 Å². The van der Waals surface area contributed by atoms with Crippen LogP contribution in [0.15, 0.2) is 29.1 Å². The number of aromatic nitrogens is 2. The molecule has 0 saturated carbocycles. The van der Waals surface area contributed by atoms with E-state index in [1.165, 1.54) is 5.56 Å². The Morgan fingerprint density at radius 3 is 2.67 bits per heavy atom. The van der Waals surface area contributed by atoms with E-state index in [0.29, 0.717) is 5.92 Å². The van der Waals surface area contributed by atoms with Gasteiger partial charge in [0.1, 0.15) is 0 Å². The molecule has 0 saturated heterocycles. The Balaban J connectivity index is 2.57. The van der Waals surface area contributed by atoms with E-state index in [1.807, 2.05) is 12.1 Å². The average Bonchev–Trinajstić information content (AvgIpc) is 2.57. The van der Waals surface area contributed by atoms with Crippen LogP contribution in [0.25, 0.3) is 11.3 Å². The second-order valence-electron chi connectivity index (χ2n) is 5.30. The minimum absolute atomic E-state index is 0.0835. The summed E-state index contributed by atoms with van der Waals surface area (Å²) in [6, 6.07) is 8.24. The molecule has 1 N–H and O–H groups in total. The molecule has 18 heavy (non-hydrogen) atoms. The Hall–Kier alpha value is -1.77. The number of aromatic amines is 1. The third kappa shape index (κ3) is 2.40. The van der Waals surface area contributed by atoms with Crippen LogP contribution in [0.5, 0.6) is 0 Å². The Morgan fingerprint density at radius 1 is 1.33 bits per heavy atom. The van der Waals surface area contributed by atoms with Gasteiger partial charge in [0.25, 0.3) is 5.56 Å². The summed E-state index contributed by atoms with van der Waals surface area (Å²) in [5, 5.41) is 3.17. The summed E-state index contributed by atoms with van der Waals surface area (Å²) in [4.78, 5) is 12.1. The fourth-order valence-corrected chi connectivity index (χ4v) is 2.23. The van der Waals surface area contributed by atoms with Gasteiger partial charge in [-0.3, -0.25) is 14.6 Å². The molecule has 0 fully saturated rings. The van der Waals surface area contributed by atoms with Crippen LogP contribution >= 0.6 is 0 Å². The lowest BCUT2D eigenvalue weighted by Crippen LogP contribution is -2.16. The first-order valence-electron chi connectivity index (χ1n) is 6.34. The van der Waals surface area contributed by atoms with Crippen LogP contribution in [0.4, 0.5) is 0 Å². The van der Waals surface area contributed by atoms with Crippen molar-refractivity contribution in [1.29, 1.82) is 0 Å². The Bertz CT molecular complexity index is 605. The summed E-state index contributed by atoms with van der Waals surface area (Å²) in [5.41, 5.74) is 4.22. The van der Waals surface area contributed by atoms with Gasteiger partial charge in [0.2, 0.25) is 0 Å². The average molecular weight is 244 g/mol. The molecular weight excluding hydrogens is 224 g/mol. The number of hydrogen-bond donors (Lipinski definition) is 1. The van der Waals surface area contributed by atoms with Gasteiger partial charge in [-0.25, -0.2) is 0 Å². The van der Waals surface area contributed by atoms with Crippen molar-refractivity contribution < 1.29 is 0 Å². The summed E-state index contributed by atoms with van der Waals surface area (Å²) in [7, 11) is 1.77. The zero-order valence-electron chi connectivity index (χ0n) is 11.4. The molecule has 3 heteroatoms. The van der Waals surface area contributed by atoms with Crippen molar-refractivity contribution in [3.63, 3.8) is 0 Å². The van der Waals surface area contributed by atoms with Crippen molar-refractivity contribution in [1.82, 2.24) is 9.78 Å². The molecular formula is C15H20N2O. The summed E-state index contributed by atoms with van der Waals surface area (Å²) in [6.07, 6.45) is 0.805. The second kappa shape index (κ2) is 4.84. The highest BCUT2D eigenvalue weighted by Crippen LogP contribution is 2.22. The van der Waals surface area contributed by atoms with Crippen LogP contribution in [0.2, 0.25) is 0 Å². The van der Waals surface area contributed by atoms with Gasteiger partial charge in [-0.15, -0.1) is 0 Å². The Kier molecular flexibility index (Phi) is 3.41. The number of H-pyrrole nitrogens is 1. The lowest BCUT2D eigenvalue weighted by Gasteiger charge is -2.05. The summed E-state index contributed by atoms with van der Waals surface area (Å²) in [5.74, 6) is 0.469. The van der Waals surface area contributed by atoms with Gasteiger partial charge in [0.15, 0.2) is 0 Å². The number of aryl methyl sites for hydroxylation is 2. The maximum Gasteiger partial charge on any atom is 0.270 e. The molecule has 0 amide bonds. The standard InChI is InChI=1S/C15H20N2O/c1-10(2)8-13-14(16-17(4)15(13)18)12-7-5-6-11(3)9-12/h5-7,9-10,16H,8H2,1-4H3. The third-order valence-electron chi connectivity index (χ3n) is 3.06. The van der Waals surface area contributed by atoms with Crippen molar-refractivity contribution in [2.45, 2.75) is 27.2 Å². The highest BCUT2D eigenvalue weighted by atomic mass is 16.1. The van der Waals surface area contributed by atoms with Crippen molar-refractivity contribution >= 4 is 0 Å². The molecule has 1 heterocycles. The van der Waals surface area contributed by atoms with Gasteiger partial charge in [-0.05, 0) is 25.3 Å². The van der Waals surface area contributed by atoms with Gasteiger partial charge in [0, 0.05) is 18.2 Å². The molecule has 3 nitrogen and oxygen atoms in total. The lowest BCUT2D eigenvalue weighted by molar-refractivity contribution is 0.642. The first kappa shape index (κ1) is 12.7. The quantitative estimate of drug-likeness (QED) is 0.885. The van der Waals surface area contributed by atoms with Crippen molar-refractivity contribution in [3.8, 4) is 11.3 Å². The normalized spacial score (nSPS) is 11.2. The topological polar surface area (TPSA) is 37.8 Å². The first-order valence-corrected chi connectivity index (χ1v) is 6.34. The SMILES string of the molecule is Cc1cccc(-c2[nH]n(C)c(=O)c2CC(C)C)c1. The molecule has 0 bridgehead atoms. The predicted molar refractivity (Wildman–Crippen MR) is 74.7 cm³/mol. The van der Waals surface area contributed by atoms with E-state index in [4.69, 9.17) is 0 Å². The summed E-state index contributed by atoms with van der Waals surface area (Å²) >= 11 is 0. The third-order valence-corrected chi connectivity index (χ3v) is 3.06. The molecule has 0 aliphatic heterocycles. The number of rotatable bonds is 3. The van der Waals surface area contributed by atoms with Gasteiger partial charge < -0.3 is 0 Å². The van der Waals surface area contributed by atoms with Gasteiger partial charge >= 0.3 is 0 Å². The van der Waals surface area contributed by atoms with Crippen LogP contribution in [0.3, 0.4) is 0 Å². The van der Waals surface area contributed by atoms with E-state index in [9.17, 15) is 4.79 Å². The first-order chi connectivity index (χ1) is 8.49. The Labute approximate surface area is 107 Å². The predicted octanol–water partition coefficient (Wildman–Crippen LogP) is 2.89. The van der Waals surface area contributed by atoms with E-state index in [-0.39, 0.29) is 5.56 Å². The molecule has 0 radical (unpaired) electrons. The molecule has 96 valence electrons. The molecule has 2 rings (SSSR count). The number of hydrogen-bond acceptors (Lipinski definition) is 1. The number of benzene rings is 1. The summed E-state index contributed by atoms with van der Waals surface area (Å²) in [6.45, 7) is 6.32. The number of nitrogens with zero attached hydrogens (tertiary/aromatic N) is 1. The minimum Gasteiger partial charge on any atom is -0.295 e. The molecule has 1 aromatic heterocycles. The van der Waals surface area contributed by atoms with E-state index in [2.05, 4.69) is 38.0 Å². The van der Waals surface area contributed by atoms with E-state index >= 15 is 0 Å². The highest BCUT2D eigenvalue weighted by Gasteiger charge is 2.15. The second-order valence-corrected chi connectivity index (χ2v) is 5.30. The maximum absolute atomic E-state index is 12.1. The van der Waals surface area contributed by atoms with E-state index in [0.717, 1.165) is 23.2 Å². The zero-order chi connectivity index (χ0) is 13.3. The molecule has 0 aliphatic rings. The van der Waals surface area contributed by atoms with Crippen LogP contribution in [0, 0.1) is 12.8 Å². The monoisotopic (exact) mass is 244 g/mol. The van der Waals surface area contributed by atoms with Gasteiger partial charge in [0.05, 0.1) is 5.69 Å². The fraction of sp³-hybridized carbons (Fsp3) is 0.400. The molecule has 0 unspecified atom stereocenters. The molecule has 0 atom stereocenters. The number of nitrogens with one attached hydrogen (secondary N) is 1. The lowest BCUT2D eigenvalue weighted by atomic mass is 9.99. The summed E-state index contributed by atoms with van der Waals surface area (Å²) < 4.78 is 1.56. The molecule has 1 aromatic carbocycles. The van der Waals surface area contributed by atoms with Crippen molar-refractivity contribution in [3.05, 3.63) is 45.7 Å². The Morgan fingerprint density at radius 2 is 2.06 bits per heavy atom. The van der Waals surface area contributed by atoms with Crippen molar-refractivity contribution in [2.24, 2.45) is 13.0 Å². The van der Waals surface area contributed by atoms with Crippen LogP contribution in [-0.4, -0.2) is 9.78 Å². The molecule has 2 aromatic rings. The van der Waals surface area contributed by atoms with Crippen LogP contribution in [-0.2, 0) is 13.5 Å². The van der Waals surface area contributed by atoms with Crippen LogP contribution in [0.1, 0.15) is 25.0 Å². The largest absolute Gasteiger partial charge is 0.295 e.